The lowest BCUT2D eigenvalue weighted by atomic mass is 10.2. The summed E-state index contributed by atoms with van der Waals surface area (Å²) in [6.07, 6.45) is 1.46. The van der Waals surface area contributed by atoms with Crippen molar-refractivity contribution in [2.45, 2.75) is 11.5 Å². The van der Waals surface area contributed by atoms with Gasteiger partial charge in [0.1, 0.15) is 0 Å². The van der Waals surface area contributed by atoms with Crippen molar-refractivity contribution in [3.8, 4) is 0 Å². The van der Waals surface area contributed by atoms with Gasteiger partial charge in [-0.25, -0.2) is 8.42 Å². The van der Waals surface area contributed by atoms with Crippen LogP contribution in [0.5, 0.6) is 0 Å². The Hall–Kier alpha value is -0.730. The molecule has 0 aliphatic carbocycles. The van der Waals surface area contributed by atoms with E-state index in [-0.39, 0.29) is 31.2 Å². The van der Waals surface area contributed by atoms with Gasteiger partial charge in [-0.05, 0) is 33.6 Å². The summed E-state index contributed by atoms with van der Waals surface area (Å²) >= 11 is 3.19. The zero-order chi connectivity index (χ0) is 14.5. The van der Waals surface area contributed by atoms with Crippen LogP contribution in [0.2, 0.25) is 0 Å². The number of hydrogen-bond acceptors (Lipinski definition) is 4. The molecule has 2 N–H and O–H groups in total. The van der Waals surface area contributed by atoms with Gasteiger partial charge < -0.3 is 10.2 Å². The minimum atomic E-state index is -3.71. The molecule has 0 aliphatic heterocycles. The molecule has 0 saturated heterocycles. The molecule has 0 atom stereocenters. The van der Waals surface area contributed by atoms with Gasteiger partial charge in [0.15, 0.2) is 0 Å². The fraction of sp³-hybridized carbons (Fsp3) is 0.333. The Balaban J connectivity index is 3.20. The van der Waals surface area contributed by atoms with Crippen LogP contribution >= 0.6 is 15.9 Å². The lowest BCUT2D eigenvalue weighted by molar-refractivity contribution is 0.260. The topological polar surface area (TPSA) is 77.8 Å². The number of aliphatic hydroxyl groups is 2. The second kappa shape index (κ2) is 7.16. The smallest absolute Gasteiger partial charge is 0.244 e. The third-order valence-electron chi connectivity index (χ3n) is 2.48. The molecule has 1 aromatic rings. The number of nitrogens with zero attached hydrogens (tertiary/aromatic N) is 1. The average Bonchev–Trinajstić information content (AvgIpc) is 2.38. The van der Waals surface area contributed by atoms with Gasteiger partial charge in [-0.3, -0.25) is 0 Å². The number of benzene rings is 1. The maximum absolute atomic E-state index is 12.4. The molecule has 0 aliphatic rings. The third kappa shape index (κ3) is 3.87. The molecule has 0 radical (unpaired) electrons. The molecule has 0 bridgehead atoms. The van der Waals surface area contributed by atoms with E-state index >= 15 is 0 Å². The first-order chi connectivity index (χ1) is 8.97. The molecular weight excluding hydrogens is 334 g/mol. The van der Waals surface area contributed by atoms with Crippen molar-refractivity contribution in [1.29, 1.82) is 0 Å². The number of aliphatic hydroxyl groups excluding tert-OH is 2. The first-order valence-corrected chi connectivity index (χ1v) is 7.82. The Kier molecular flexibility index (Phi) is 6.15. The van der Waals surface area contributed by atoms with Crippen LogP contribution < -0.4 is 0 Å². The van der Waals surface area contributed by atoms with Gasteiger partial charge in [0.05, 0.1) is 18.1 Å². The number of halogens is 1. The van der Waals surface area contributed by atoms with Crippen LogP contribution in [0.3, 0.4) is 0 Å². The molecule has 1 rings (SSSR count). The zero-order valence-corrected chi connectivity index (χ0v) is 12.7. The van der Waals surface area contributed by atoms with Gasteiger partial charge >= 0.3 is 0 Å². The highest BCUT2D eigenvalue weighted by atomic mass is 79.9. The Morgan fingerprint density at radius 2 is 2.05 bits per heavy atom. The van der Waals surface area contributed by atoms with E-state index in [4.69, 9.17) is 10.2 Å². The molecule has 0 heterocycles. The van der Waals surface area contributed by atoms with E-state index in [9.17, 15) is 8.42 Å². The summed E-state index contributed by atoms with van der Waals surface area (Å²) < 4.78 is 26.3. The van der Waals surface area contributed by atoms with Crippen LogP contribution in [0, 0.1) is 0 Å². The highest BCUT2D eigenvalue weighted by Crippen LogP contribution is 2.26. The minimum absolute atomic E-state index is 0.00252. The van der Waals surface area contributed by atoms with Crippen LogP contribution in [0.25, 0.3) is 0 Å². The summed E-state index contributed by atoms with van der Waals surface area (Å²) in [6, 6.07) is 4.53. The van der Waals surface area contributed by atoms with Crippen molar-refractivity contribution in [3.05, 3.63) is 40.9 Å². The van der Waals surface area contributed by atoms with Crippen LogP contribution in [-0.4, -0.2) is 42.6 Å². The van der Waals surface area contributed by atoms with Crippen molar-refractivity contribution in [2.24, 2.45) is 0 Å². The van der Waals surface area contributed by atoms with Gasteiger partial charge in [-0.2, -0.15) is 4.31 Å². The second-order valence-corrected chi connectivity index (χ2v) is 6.56. The molecule has 0 saturated carbocycles. The molecule has 0 amide bonds. The Morgan fingerprint density at radius 1 is 1.37 bits per heavy atom. The van der Waals surface area contributed by atoms with Crippen molar-refractivity contribution in [1.82, 2.24) is 4.31 Å². The molecule has 0 spiro atoms. The molecule has 0 unspecified atom stereocenters. The molecule has 5 nitrogen and oxygen atoms in total. The van der Waals surface area contributed by atoms with Crippen molar-refractivity contribution >= 4 is 26.0 Å². The monoisotopic (exact) mass is 349 g/mol. The van der Waals surface area contributed by atoms with E-state index in [0.29, 0.717) is 10.0 Å². The summed E-state index contributed by atoms with van der Waals surface area (Å²) in [5.74, 6) is 0. The van der Waals surface area contributed by atoms with Crippen LogP contribution in [0.1, 0.15) is 5.56 Å². The standard InChI is InChI=1S/C12H16BrNO4S/c1-2-5-14(6-7-15)19(17,18)12-4-3-10(9-16)8-11(12)13/h2-4,8,15-16H,1,5-7,9H2. The van der Waals surface area contributed by atoms with E-state index in [0.717, 1.165) is 4.31 Å². The van der Waals surface area contributed by atoms with Crippen LogP contribution in [-0.2, 0) is 16.6 Å². The zero-order valence-electron chi connectivity index (χ0n) is 10.3. The summed E-state index contributed by atoms with van der Waals surface area (Å²) in [5.41, 5.74) is 0.614. The van der Waals surface area contributed by atoms with Gasteiger partial charge in [0, 0.05) is 17.6 Å². The summed E-state index contributed by atoms with van der Waals surface area (Å²) in [5, 5.41) is 17.9. The third-order valence-corrected chi connectivity index (χ3v) is 5.32. The fourth-order valence-electron chi connectivity index (χ4n) is 1.56. The molecule has 19 heavy (non-hydrogen) atoms. The average molecular weight is 350 g/mol. The van der Waals surface area contributed by atoms with Crippen molar-refractivity contribution in [3.63, 3.8) is 0 Å². The molecule has 7 heteroatoms. The van der Waals surface area contributed by atoms with Gasteiger partial charge in [-0.1, -0.05) is 12.1 Å². The molecule has 106 valence electrons. The van der Waals surface area contributed by atoms with Crippen molar-refractivity contribution < 1.29 is 18.6 Å². The lowest BCUT2D eigenvalue weighted by Gasteiger charge is -2.20. The maximum Gasteiger partial charge on any atom is 0.244 e. The van der Waals surface area contributed by atoms with Crippen molar-refractivity contribution in [2.75, 3.05) is 19.7 Å². The van der Waals surface area contributed by atoms with E-state index in [1.807, 2.05) is 0 Å². The summed E-state index contributed by atoms with van der Waals surface area (Å²) in [6.45, 7) is 3.21. The number of hydrogen-bond donors (Lipinski definition) is 2. The van der Waals surface area contributed by atoms with E-state index in [2.05, 4.69) is 22.5 Å². The Morgan fingerprint density at radius 3 is 2.53 bits per heavy atom. The molecule has 0 fully saturated rings. The molecule has 0 aromatic heterocycles. The summed E-state index contributed by atoms with van der Waals surface area (Å²) in [7, 11) is -3.71. The first kappa shape index (κ1) is 16.3. The molecular formula is C12H16BrNO4S. The van der Waals surface area contributed by atoms with E-state index in [1.54, 1.807) is 12.1 Å². The Labute approximate surface area is 121 Å². The second-order valence-electron chi connectivity index (χ2n) is 3.80. The maximum atomic E-state index is 12.4. The number of sulfonamides is 1. The van der Waals surface area contributed by atoms with Gasteiger partial charge in [0.2, 0.25) is 10.0 Å². The normalized spacial score (nSPS) is 11.8. The SMILES string of the molecule is C=CCN(CCO)S(=O)(=O)c1ccc(CO)cc1Br. The molecule has 1 aromatic carbocycles. The lowest BCUT2D eigenvalue weighted by Crippen LogP contribution is -2.34. The number of rotatable bonds is 7. The largest absolute Gasteiger partial charge is 0.395 e. The van der Waals surface area contributed by atoms with E-state index in [1.165, 1.54) is 12.1 Å². The van der Waals surface area contributed by atoms with Gasteiger partial charge in [-0.15, -0.1) is 6.58 Å². The predicted octanol–water partition coefficient (Wildman–Crippen LogP) is 1.11. The summed E-state index contributed by atoms with van der Waals surface area (Å²) in [4.78, 5) is 0.0972. The fourth-order valence-corrected chi connectivity index (χ4v) is 4.04. The van der Waals surface area contributed by atoms with E-state index < -0.39 is 10.0 Å². The minimum Gasteiger partial charge on any atom is -0.395 e. The Bertz CT molecular complexity index is 545. The van der Waals surface area contributed by atoms with Crippen LogP contribution in [0.15, 0.2) is 40.2 Å². The van der Waals surface area contributed by atoms with Gasteiger partial charge in [0.25, 0.3) is 0 Å². The first-order valence-electron chi connectivity index (χ1n) is 5.58. The van der Waals surface area contributed by atoms with Crippen LogP contribution in [0.4, 0.5) is 0 Å². The quantitative estimate of drug-likeness (QED) is 0.723. The highest BCUT2D eigenvalue weighted by molar-refractivity contribution is 9.10. The predicted molar refractivity (Wildman–Crippen MR) is 76.1 cm³/mol. The highest BCUT2D eigenvalue weighted by Gasteiger charge is 2.25.